The number of piperidine rings is 2. The number of carbonyl (C=O) groups excluding carboxylic acids is 5. The Morgan fingerprint density at radius 2 is 1.51 bits per heavy atom. The van der Waals surface area contributed by atoms with Gasteiger partial charge in [0.2, 0.25) is 17.7 Å². The average molecular weight is 766 g/mol. The zero-order valence-electron chi connectivity index (χ0n) is 31.5. The van der Waals surface area contributed by atoms with Crippen LogP contribution in [0.5, 0.6) is 11.5 Å². The molecule has 3 fully saturated rings. The molecule has 3 atom stereocenters. The van der Waals surface area contributed by atoms with Crippen molar-refractivity contribution in [2.75, 3.05) is 44.2 Å². The van der Waals surface area contributed by atoms with Crippen molar-refractivity contribution in [2.24, 2.45) is 5.41 Å². The highest BCUT2D eigenvalue weighted by molar-refractivity contribution is 6.23. The molecule has 1 spiro atoms. The molecule has 57 heavy (non-hydrogen) atoms. The zero-order chi connectivity index (χ0) is 39.0. The number of fused-ring (bicyclic) bond motifs is 3. The molecule has 3 saturated heterocycles. The molecule has 4 aromatic rings. The van der Waals surface area contributed by atoms with Crippen LogP contribution in [0, 0.1) is 5.41 Å². The second-order valence-electron chi connectivity index (χ2n) is 16.6. The molecule has 12 nitrogen and oxygen atoms in total. The Labute approximate surface area is 330 Å². The van der Waals surface area contributed by atoms with Gasteiger partial charge in [-0.05, 0) is 71.8 Å². The summed E-state index contributed by atoms with van der Waals surface area (Å²) in [6.45, 7) is 5.16. The number of phenolic OH excluding ortho intramolecular Hbond substituents is 1. The molecule has 10 rings (SSSR count). The van der Waals surface area contributed by atoms with Crippen molar-refractivity contribution in [3.8, 4) is 11.5 Å². The minimum Gasteiger partial charge on any atom is -0.508 e. The first-order chi connectivity index (χ1) is 27.6. The monoisotopic (exact) mass is 765 g/mol. The molecule has 0 aliphatic carbocycles. The van der Waals surface area contributed by atoms with Gasteiger partial charge < -0.3 is 19.6 Å². The minimum atomic E-state index is -0.995. The maximum Gasteiger partial charge on any atom is 0.262 e. The van der Waals surface area contributed by atoms with Gasteiger partial charge in [0.05, 0.1) is 24.3 Å². The van der Waals surface area contributed by atoms with E-state index in [-0.39, 0.29) is 59.4 Å². The number of amides is 5. The van der Waals surface area contributed by atoms with Crippen LogP contribution < -0.4 is 15.0 Å². The summed E-state index contributed by atoms with van der Waals surface area (Å²) in [5.41, 5.74) is 7.27. The first-order valence-corrected chi connectivity index (χ1v) is 19.9. The fourth-order valence-electron chi connectivity index (χ4n) is 10.0. The summed E-state index contributed by atoms with van der Waals surface area (Å²) in [6, 6.07) is 27.3. The van der Waals surface area contributed by atoms with Gasteiger partial charge >= 0.3 is 0 Å². The smallest absolute Gasteiger partial charge is 0.262 e. The number of hydrogen-bond acceptors (Lipinski definition) is 9. The maximum absolute atomic E-state index is 13.5. The molecule has 0 radical (unpaired) electrons. The van der Waals surface area contributed by atoms with Gasteiger partial charge in [-0.25, -0.2) is 0 Å². The Hall–Kier alpha value is -6.01. The van der Waals surface area contributed by atoms with Crippen LogP contribution in [-0.4, -0.2) is 94.7 Å². The number of carbonyl (C=O) groups is 5. The Morgan fingerprint density at radius 1 is 0.825 bits per heavy atom. The largest absolute Gasteiger partial charge is 0.508 e. The third kappa shape index (κ3) is 6.13. The zero-order valence-corrected chi connectivity index (χ0v) is 31.5. The predicted molar refractivity (Wildman–Crippen MR) is 209 cm³/mol. The quantitative estimate of drug-likeness (QED) is 0.271. The van der Waals surface area contributed by atoms with E-state index < -0.39 is 29.7 Å². The molecule has 2 N–H and O–H groups in total. The Morgan fingerprint density at radius 3 is 2.18 bits per heavy atom. The van der Waals surface area contributed by atoms with Gasteiger partial charge in [-0.1, -0.05) is 48.5 Å². The van der Waals surface area contributed by atoms with E-state index in [2.05, 4.69) is 63.6 Å². The van der Waals surface area contributed by atoms with E-state index in [1.165, 1.54) is 16.8 Å². The number of phenols is 1. The lowest BCUT2D eigenvalue weighted by Gasteiger charge is -2.55. The first kappa shape index (κ1) is 35.4. The lowest BCUT2D eigenvalue weighted by atomic mass is 9.71. The first-order valence-electron chi connectivity index (χ1n) is 19.9. The third-order valence-corrected chi connectivity index (χ3v) is 13.1. The van der Waals surface area contributed by atoms with Gasteiger partial charge in [-0.15, -0.1) is 0 Å². The molecule has 0 saturated carbocycles. The lowest BCUT2D eigenvalue weighted by molar-refractivity contribution is -0.137. The standard InChI is InChI=1S/C45H43N5O7/c51-32-10-11-33-38(20-32)57-24-36(27-4-2-1-3-5-27)41(33)28-6-8-31(9-7-28)49-25-45(26-49)14-16-48(17-15-45)40(53)23-47-21-29-18-34-35(19-30(29)22-47)44(56)50(43(34)55)37-12-13-39(52)46-42(37)54/h1-11,18-20,36-37,41,51H,12-17,21-26H2,(H,46,52,54)/t36-,37?,41-/m0/s1. The molecule has 1 unspecified atom stereocenters. The molecule has 4 aromatic carbocycles. The number of likely N-dealkylation sites (tertiary alicyclic amines) is 1. The molecule has 5 amide bonds. The second kappa shape index (κ2) is 13.6. The van der Waals surface area contributed by atoms with Crippen LogP contribution in [0.1, 0.15) is 86.1 Å². The van der Waals surface area contributed by atoms with Gasteiger partial charge in [0.25, 0.3) is 11.8 Å². The van der Waals surface area contributed by atoms with Crippen molar-refractivity contribution in [2.45, 2.75) is 56.7 Å². The molecule has 6 aliphatic rings. The molecular weight excluding hydrogens is 723 g/mol. The molecule has 6 aliphatic heterocycles. The maximum atomic E-state index is 13.5. The Bertz CT molecular complexity index is 2280. The number of nitrogens with one attached hydrogen (secondary N) is 1. The number of nitrogens with zero attached hydrogens (tertiary/aromatic N) is 4. The van der Waals surface area contributed by atoms with E-state index >= 15 is 0 Å². The van der Waals surface area contributed by atoms with Gasteiger partial charge in [0.1, 0.15) is 17.5 Å². The van der Waals surface area contributed by atoms with Crippen LogP contribution in [0.25, 0.3) is 0 Å². The number of benzene rings is 4. The molecule has 0 bridgehead atoms. The van der Waals surface area contributed by atoms with Crippen LogP contribution >= 0.6 is 0 Å². The second-order valence-corrected chi connectivity index (χ2v) is 16.6. The number of anilines is 1. The molecule has 6 heterocycles. The van der Waals surface area contributed by atoms with E-state index in [1.54, 1.807) is 24.3 Å². The van der Waals surface area contributed by atoms with Gasteiger partial charge in [-0.2, -0.15) is 0 Å². The highest BCUT2D eigenvalue weighted by Gasteiger charge is 2.47. The van der Waals surface area contributed by atoms with Crippen molar-refractivity contribution >= 4 is 35.2 Å². The molecule has 290 valence electrons. The predicted octanol–water partition coefficient (Wildman–Crippen LogP) is 4.55. The molecule has 12 heteroatoms. The van der Waals surface area contributed by atoms with Crippen LogP contribution in [0.4, 0.5) is 5.69 Å². The summed E-state index contributed by atoms with van der Waals surface area (Å²) in [6.07, 6.45) is 2.11. The number of aromatic hydroxyl groups is 1. The highest BCUT2D eigenvalue weighted by atomic mass is 16.5. The van der Waals surface area contributed by atoms with E-state index in [0.717, 1.165) is 66.4 Å². The normalized spacial score (nSPS) is 23.8. The van der Waals surface area contributed by atoms with Crippen molar-refractivity contribution in [3.05, 3.63) is 124 Å². The van der Waals surface area contributed by atoms with Crippen molar-refractivity contribution in [1.29, 1.82) is 0 Å². The summed E-state index contributed by atoms with van der Waals surface area (Å²) in [4.78, 5) is 71.7. The van der Waals surface area contributed by atoms with E-state index in [9.17, 15) is 29.1 Å². The Balaban J connectivity index is 0.739. The summed E-state index contributed by atoms with van der Waals surface area (Å²) < 4.78 is 6.15. The van der Waals surface area contributed by atoms with Crippen molar-refractivity contribution in [3.63, 3.8) is 0 Å². The van der Waals surface area contributed by atoms with Crippen molar-refractivity contribution in [1.82, 2.24) is 20.0 Å². The van der Waals surface area contributed by atoms with Gasteiger partial charge in [0.15, 0.2) is 0 Å². The summed E-state index contributed by atoms with van der Waals surface area (Å²) >= 11 is 0. The highest BCUT2D eigenvalue weighted by Crippen LogP contribution is 2.48. The fourth-order valence-corrected chi connectivity index (χ4v) is 10.0. The van der Waals surface area contributed by atoms with Crippen LogP contribution in [0.3, 0.4) is 0 Å². The minimum absolute atomic E-state index is 0.0765. The van der Waals surface area contributed by atoms with E-state index in [0.29, 0.717) is 19.7 Å². The molecular formula is C45H43N5O7. The van der Waals surface area contributed by atoms with E-state index in [1.807, 2.05) is 17.0 Å². The van der Waals surface area contributed by atoms with Crippen LogP contribution in [-0.2, 0) is 27.5 Å². The third-order valence-electron chi connectivity index (χ3n) is 13.1. The summed E-state index contributed by atoms with van der Waals surface area (Å²) in [5, 5.41) is 12.4. The van der Waals surface area contributed by atoms with Gasteiger partial charge in [0, 0.05) is 80.3 Å². The number of imide groups is 2. The Kier molecular flexibility index (Phi) is 8.44. The van der Waals surface area contributed by atoms with Crippen LogP contribution in [0.15, 0.2) is 84.9 Å². The average Bonchev–Trinajstić information content (AvgIpc) is 3.71. The summed E-state index contributed by atoms with van der Waals surface area (Å²) in [7, 11) is 0. The SMILES string of the molecule is O=C1CCC(N2C(=O)c3cc4c(cc3C2=O)CN(CC(=O)N2CCC3(CC2)CN(c2ccc([C@H]5c6ccc(O)cc6OC[C@H]5c5ccccc5)cc2)C3)C4)C(=O)N1. The van der Waals surface area contributed by atoms with E-state index in [4.69, 9.17) is 4.74 Å². The van der Waals surface area contributed by atoms with Crippen molar-refractivity contribution < 1.29 is 33.8 Å². The lowest BCUT2D eigenvalue weighted by Crippen LogP contribution is -2.61. The van der Waals surface area contributed by atoms with Gasteiger partial charge in [-0.3, -0.25) is 39.1 Å². The fraction of sp³-hybridized carbons (Fsp3) is 0.356. The number of rotatable bonds is 6. The number of ether oxygens (including phenoxy) is 1. The summed E-state index contributed by atoms with van der Waals surface area (Å²) in [5.74, 6) is -0.800. The molecule has 0 aromatic heterocycles. The number of hydrogen-bond donors (Lipinski definition) is 2. The van der Waals surface area contributed by atoms with Crippen LogP contribution in [0.2, 0.25) is 0 Å². The topological polar surface area (TPSA) is 140 Å².